The summed E-state index contributed by atoms with van der Waals surface area (Å²) < 4.78 is 10.6. The van der Waals surface area contributed by atoms with E-state index < -0.39 is 5.60 Å². The van der Waals surface area contributed by atoms with E-state index in [4.69, 9.17) is 20.9 Å². The topological polar surface area (TPSA) is 68.5 Å². The van der Waals surface area contributed by atoms with Crippen LogP contribution in [0.5, 0.6) is 0 Å². The maximum Gasteiger partial charge on any atom is 0.410 e. The average molecular weight is 336 g/mol. The van der Waals surface area contributed by atoms with Crippen molar-refractivity contribution in [1.29, 1.82) is 0 Å². The van der Waals surface area contributed by atoms with Crippen molar-refractivity contribution in [3.8, 4) is 11.4 Å². The third kappa shape index (κ3) is 3.64. The summed E-state index contributed by atoms with van der Waals surface area (Å²) in [5, 5.41) is 4.60. The van der Waals surface area contributed by atoms with Gasteiger partial charge in [0.2, 0.25) is 11.7 Å². The molecule has 1 fully saturated rings. The van der Waals surface area contributed by atoms with Crippen LogP contribution in [0.25, 0.3) is 11.4 Å². The van der Waals surface area contributed by atoms with E-state index in [-0.39, 0.29) is 12.0 Å². The first-order chi connectivity index (χ1) is 10.8. The van der Waals surface area contributed by atoms with Gasteiger partial charge in [0.15, 0.2) is 0 Å². The molecule has 1 aromatic carbocycles. The Morgan fingerprint density at radius 2 is 2.13 bits per heavy atom. The number of ether oxygens (including phenoxy) is 1. The molecule has 0 saturated carbocycles. The summed E-state index contributed by atoms with van der Waals surface area (Å²) in [5.41, 5.74) is 0.308. The largest absolute Gasteiger partial charge is 0.444 e. The van der Waals surface area contributed by atoms with E-state index >= 15 is 0 Å². The van der Waals surface area contributed by atoms with E-state index in [2.05, 4.69) is 10.1 Å². The van der Waals surface area contributed by atoms with E-state index in [1.54, 1.807) is 17.0 Å². The van der Waals surface area contributed by atoms with Gasteiger partial charge in [-0.1, -0.05) is 28.9 Å². The fraction of sp³-hybridized carbons (Fsp3) is 0.438. The van der Waals surface area contributed by atoms with E-state index in [0.29, 0.717) is 29.8 Å². The van der Waals surface area contributed by atoms with Gasteiger partial charge in [-0.3, -0.25) is 0 Å². The number of aromatic nitrogens is 2. The van der Waals surface area contributed by atoms with Crippen molar-refractivity contribution in [3.05, 3.63) is 35.2 Å². The first-order valence-electron chi connectivity index (χ1n) is 7.39. The van der Waals surface area contributed by atoms with Crippen molar-refractivity contribution in [2.24, 2.45) is 0 Å². The monoisotopic (exact) mass is 335 g/mol. The number of benzene rings is 1. The first kappa shape index (κ1) is 15.8. The van der Waals surface area contributed by atoms with Crippen LogP contribution in [0.1, 0.15) is 32.6 Å². The smallest absolute Gasteiger partial charge is 0.410 e. The van der Waals surface area contributed by atoms with Gasteiger partial charge in [-0.15, -0.1) is 0 Å². The molecule has 0 bridgehead atoms. The molecule has 122 valence electrons. The highest BCUT2D eigenvalue weighted by molar-refractivity contribution is 6.30. The molecule has 1 amide bonds. The van der Waals surface area contributed by atoms with Crippen LogP contribution in [0.2, 0.25) is 5.02 Å². The molecule has 2 aromatic rings. The molecule has 2 heterocycles. The fourth-order valence-electron chi connectivity index (χ4n) is 2.26. The van der Waals surface area contributed by atoms with E-state index in [9.17, 15) is 4.79 Å². The maximum atomic E-state index is 11.9. The highest BCUT2D eigenvalue weighted by Gasteiger charge is 2.37. The summed E-state index contributed by atoms with van der Waals surface area (Å²) in [6.07, 6.45) is -0.316. The van der Waals surface area contributed by atoms with Gasteiger partial charge < -0.3 is 14.2 Å². The number of hydrogen-bond acceptors (Lipinski definition) is 5. The Kier molecular flexibility index (Phi) is 4.02. The SMILES string of the molecule is CC(C)(C)OC(=O)N1CC(c2nc(-c3cccc(Cl)c3)no2)C1. The molecule has 1 aliphatic heterocycles. The van der Waals surface area contributed by atoms with Crippen molar-refractivity contribution in [3.63, 3.8) is 0 Å². The summed E-state index contributed by atoms with van der Waals surface area (Å²) >= 11 is 5.97. The maximum absolute atomic E-state index is 11.9. The van der Waals surface area contributed by atoms with Crippen molar-refractivity contribution in [2.75, 3.05) is 13.1 Å². The zero-order valence-corrected chi connectivity index (χ0v) is 14.0. The molecule has 6 nitrogen and oxygen atoms in total. The number of likely N-dealkylation sites (tertiary alicyclic amines) is 1. The predicted octanol–water partition coefficient (Wildman–Crippen LogP) is 3.72. The van der Waals surface area contributed by atoms with Crippen LogP contribution in [0.3, 0.4) is 0 Å². The Bertz CT molecular complexity index is 717. The van der Waals surface area contributed by atoms with Crippen LogP contribution < -0.4 is 0 Å². The summed E-state index contributed by atoms with van der Waals surface area (Å²) in [7, 11) is 0. The standard InChI is InChI=1S/C16H18ClN3O3/c1-16(2,3)22-15(21)20-8-11(9-20)14-18-13(19-23-14)10-5-4-6-12(17)7-10/h4-7,11H,8-9H2,1-3H3. The fourth-order valence-corrected chi connectivity index (χ4v) is 2.45. The number of halogens is 1. The normalized spacial score (nSPS) is 15.4. The van der Waals surface area contributed by atoms with Crippen LogP contribution in [0.4, 0.5) is 4.79 Å². The Labute approximate surface area is 139 Å². The molecule has 0 unspecified atom stereocenters. The molecule has 1 saturated heterocycles. The number of carbonyl (C=O) groups is 1. The van der Waals surface area contributed by atoms with Crippen LogP contribution in [0.15, 0.2) is 28.8 Å². The molecule has 0 N–H and O–H groups in total. The van der Waals surface area contributed by atoms with Gasteiger partial charge in [-0.05, 0) is 32.9 Å². The number of hydrogen-bond donors (Lipinski definition) is 0. The van der Waals surface area contributed by atoms with Crippen molar-refractivity contribution < 1.29 is 14.1 Å². The molecule has 0 spiro atoms. The summed E-state index contributed by atoms with van der Waals surface area (Å²) in [6.45, 7) is 6.57. The summed E-state index contributed by atoms with van der Waals surface area (Å²) in [4.78, 5) is 17.9. The molecule has 23 heavy (non-hydrogen) atoms. The minimum absolute atomic E-state index is 0.0444. The second-order valence-corrected chi connectivity index (χ2v) is 6.99. The van der Waals surface area contributed by atoms with Crippen molar-refractivity contribution in [1.82, 2.24) is 15.0 Å². The lowest BCUT2D eigenvalue weighted by Crippen LogP contribution is -2.50. The molecule has 1 aromatic heterocycles. The molecule has 1 aliphatic rings. The third-order valence-electron chi connectivity index (χ3n) is 3.41. The summed E-state index contributed by atoms with van der Waals surface area (Å²) in [5.74, 6) is 1.07. The number of carbonyl (C=O) groups excluding carboxylic acids is 1. The minimum atomic E-state index is -0.494. The van der Waals surface area contributed by atoms with E-state index in [1.165, 1.54) is 0 Å². The first-order valence-corrected chi connectivity index (χ1v) is 7.77. The molecule has 0 aliphatic carbocycles. The predicted molar refractivity (Wildman–Crippen MR) is 85.3 cm³/mol. The van der Waals surface area contributed by atoms with E-state index in [0.717, 1.165) is 5.56 Å². The lowest BCUT2D eigenvalue weighted by Gasteiger charge is -2.37. The molecule has 7 heteroatoms. The quantitative estimate of drug-likeness (QED) is 0.836. The molecule has 0 atom stereocenters. The Hall–Kier alpha value is -2.08. The minimum Gasteiger partial charge on any atom is -0.444 e. The Balaban J connectivity index is 1.62. The molecule has 3 rings (SSSR count). The van der Waals surface area contributed by atoms with Crippen LogP contribution in [-0.4, -0.2) is 39.8 Å². The second-order valence-electron chi connectivity index (χ2n) is 6.55. The molecular formula is C16H18ClN3O3. The van der Waals surface area contributed by atoms with Gasteiger partial charge in [-0.25, -0.2) is 4.79 Å². The van der Waals surface area contributed by atoms with Gasteiger partial charge in [0.1, 0.15) is 5.60 Å². The third-order valence-corrected chi connectivity index (χ3v) is 3.64. The van der Waals surface area contributed by atoms with Gasteiger partial charge in [0.05, 0.1) is 5.92 Å². The number of rotatable bonds is 2. The van der Waals surface area contributed by atoms with E-state index in [1.807, 2.05) is 32.9 Å². The highest BCUT2D eigenvalue weighted by atomic mass is 35.5. The van der Waals surface area contributed by atoms with Gasteiger partial charge in [0, 0.05) is 23.7 Å². The van der Waals surface area contributed by atoms with Crippen LogP contribution >= 0.6 is 11.6 Å². The van der Waals surface area contributed by atoms with Crippen LogP contribution in [-0.2, 0) is 4.74 Å². The number of amides is 1. The van der Waals surface area contributed by atoms with Gasteiger partial charge in [0.25, 0.3) is 0 Å². The van der Waals surface area contributed by atoms with Crippen molar-refractivity contribution >= 4 is 17.7 Å². The van der Waals surface area contributed by atoms with Crippen LogP contribution in [0, 0.1) is 0 Å². The zero-order chi connectivity index (χ0) is 16.6. The molecule has 0 radical (unpaired) electrons. The van der Waals surface area contributed by atoms with Gasteiger partial charge in [-0.2, -0.15) is 4.98 Å². The number of nitrogens with zero attached hydrogens (tertiary/aromatic N) is 3. The summed E-state index contributed by atoms with van der Waals surface area (Å²) in [6, 6.07) is 7.27. The Morgan fingerprint density at radius 3 is 2.78 bits per heavy atom. The lowest BCUT2D eigenvalue weighted by atomic mass is 10.0. The van der Waals surface area contributed by atoms with Gasteiger partial charge >= 0.3 is 6.09 Å². The van der Waals surface area contributed by atoms with Crippen molar-refractivity contribution in [2.45, 2.75) is 32.3 Å². The second kappa shape index (κ2) is 5.85. The highest BCUT2D eigenvalue weighted by Crippen LogP contribution is 2.29. The average Bonchev–Trinajstić information content (AvgIpc) is 2.84. The zero-order valence-electron chi connectivity index (χ0n) is 13.2. The lowest BCUT2D eigenvalue weighted by molar-refractivity contribution is 0.00558. The molecular weight excluding hydrogens is 318 g/mol. The Morgan fingerprint density at radius 1 is 1.39 bits per heavy atom.